The number of carbonyl (C=O) groups excluding carboxylic acids is 1. The van der Waals surface area contributed by atoms with Gasteiger partial charge in [-0.3, -0.25) is 14.9 Å². The van der Waals surface area contributed by atoms with E-state index in [1.807, 2.05) is 67.1 Å². The molecule has 0 spiro atoms. The molecule has 4 rings (SSSR count). The maximum Gasteiger partial charge on any atom is 0.230 e. The number of pyridine rings is 1. The molecule has 4 aromatic rings. The molecule has 2 N–H and O–H groups in total. The van der Waals surface area contributed by atoms with Gasteiger partial charge in [0.2, 0.25) is 5.91 Å². The van der Waals surface area contributed by atoms with Crippen LogP contribution in [0.2, 0.25) is 0 Å². The van der Waals surface area contributed by atoms with Crippen molar-refractivity contribution in [3.8, 4) is 16.9 Å². The Morgan fingerprint density at radius 2 is 1.89 bits per heavy atom. The largest absolute Gasteiger partial charge is 0.310 e. The van der Waals surface area contributed by atoms with E-state index >= 15 is 0 Å². The molecule has 1 amide bonds. The van der Waals surface area contributed by atoms with Crippen LogP contribution in [-0.2, 0) is 11.2 Å². The third-order valence-corrected chi connectivity index (χ3v) is 4.62. The second-order valence-electron chi connectivity index (χ2n) is 6.50. The number of amides is 1. The summed E-state index contributed by atoms with van der Waals surface area (Å²) in [6.07, 6.45) is 3.59. The molecule has 0 radical (unpaired) electrons. The second-order valence-corrected chi connectivity index (χ2v) is 6.50. The lowest BCUT2D eigenvalue weighted by molar-refractivity contribution is -0.115. The first-order valence-electron chi connectivity index (χ1n) is 8.98. The number of rotatable bonds is 5. The lowest BCUT2D eigenvalue weighted by Gasteiger charge is -2.07. The van der Waals surface area contributed by atoms with Gasteiger partial charge in [-0.2, -0.15) is 10.2 Å². The topological polar surface area (TPSA) is 88.5 Å². The number of H-pyrrole nitrogens is 1. The third-order valence-electron chi connectivity index (χ3n) is 4.62. The third kappa shape index (κ3) is 3.42. The summed E-state index contributed by atoms with van der Waals surface area (Å²) in [7, 11) is 0. The summed E-state index contributed by atoms with van der Waals surface area (Å²) < 4.78 is 1.87. The zero-order valence-electron chi connectivity index (χ0n) is 15.7. The van der Waals surface area contributed by atoms with Gasteiger partial charge in [0.25, 0.3) is 0 Å². The zero-order chi connectivity index (χ0) is 19.5. The summed E-state index contributed by atoms with van der Waals surface area (Å²) >= 11 is 0. The SMILES string of the molecule is Cc1nn(-c2ccccc2)c(C)c1CC(=O)Nc1[nH]ncc1-c1ccccn1. The van der Waals surface area contributed by atoms with Crippen LogP contribution in [-0.4, -0.2) is 30.9 Å². The van der Waals surface area contributed by atoms with Crippen LogP contribution in [0.25, 0.3) is 16.9 Å². The van der Waals surface area contributed by atoms with E-state index in [1.54, 1.807) is 12.4 Å². The van der Waals surface area contributed by atoms with Crippen molar-refractivity contribution in [3.63, 3.8) is 0 Å². The van der Waals surface area contributed by atoms with Crippen LogP contribution in [0.5, 0.6) is 0 Å². The molecule has 0 unspecified atom stereocenters. The number of benzene rings is 1. The zero-order valence-corrected chi connectivity index (χ0v) is 15.7. The maximum absolute atomic E-state index is 12.7. The molecule has 3 aromatic heterocycles. The molecule has 0 saturated carbocycles. The standard InChI is InChI=1S/C21H20N6O/c1-14-17(15(2)27(26-14)16-8-4-3-5-9-16)12-20(28)24-21-18(13-23-25-21)19-10-6-7-11-22-19/h3-11,13H,12H2,1-2H3,(H2,23,24,25,28). The van der Waals surface area contributed by atoms with Crippen molar-refractivity contribution >= 4 is 11.7 Å². The number of aromatic nitrogens is 5. The van der Waals surface area contributed by atoms with Crippen molar-refractivity contribution < 1.29 is 4.79 Å². The number of para-hydroxylation sites is 1. The highest BCUT2D eigenvalue weighted by Gasteiger charge is 2.18. The minimum atomic E-state index is -0.139. The van der Waals surface area contributed by atoms with Crippen LogP contribution in [0.15, 0.2) is 60.9 Å². The Labute approximate surface area is 162 Å². The summed E-state index contributed by atoms with van der Waals surface area (Å²) in [5.41, 5.74) is 5.18. The molecule has 3 heterocycles. The number of hydrogen-bond donors (Lipinski definition) is 2. The number of anilines is 1. The Morgan fingerprint density at radius 1 is 1.11 bits per heavy atom. The summed E-state index contributed by atoms with van der Waals surface area (Å²) in [4.78, 5) is 17.0. The van der Waals surface area contributed by atoms with E-state index in [-0.39, 0.29) is 12.3 Å². The van der Waals surface area contributed by atoms with Crippen molar-refractivity contribution in [3.05, 3.63) is 77.9 Å². The molecule has 0 saturated heterocycles. The molecule has 28 heavy (non-hydrogen) atoms. The molecule has 140 valence electrons. The Hall–Kier alpha value is -3.74. The molecule has 0 atom stereocenters. The Kier molecular flexibility index (Phi) is 4.72. The average molecular weight is 372 g/mol. The predicted molar refractivity (Wildman–Crippen MR) is 107 cm³/mol. The Morgan fingerprint density at radius 3 is 2.64 bits per heavy atom. The maximum atomic E-state index is 12.7. The molecular weight excluding hydrogens is 352 g/mol. The number of carbonyl (C=O) groups is 1. The Bertz CT molecular complexity index is 1100. The van der Waals surface area contributed by atoms with Crippen molar-refractivity contribution in [2.24, 2.45) is 0 Å². The fraction of sp³-hybridized carbons (Fsp3) is 0.143. The van der Waals surface area contributed by atoms with Crippen molar-refractivity contribution in [2.45, 2.75) is 20.3 Å². The predicted octanol–water partition coefficient (Wildman–Crippen LogP) is 3.46. The Balaban J connectivity index is 1.55. The normalized spacial score (nSPS) is 10.8. The van der Waals surface area contributed by atoms with Crippen LogP contribution < -0.4 is 5.32 Å². The highest BCUT2D eigenvalue weighted by atomic mass is 16.1. The van der Waals surface area contributed by atoms with Gasteiger partial charge in [0, 0.05) is 17.5 Å². The molecule has 0 aliphatic carbocycles. The van der Waals surface area contributed by atoms with E-state index in [9.17, 15) is 4.79 Å². The monoisotopic (exact) mass is 372 g/mol. The summed E-state index contributed by atoms with van der Waals surface area (Å²) in [5.74, 6) is 0.398. The summed E-state index contributed by atoms with van der Waals surface area (Å²) in [5, 5.41) is 14.4. The molecule has 0 bridgehead atoms. The highest BCUT2D eigenvalue weighted by molar-refractivity contribution is 5.95. The van der Waals surface area contributed by atoms with Crippen molar-refractivity contribution in [1.29, 1.82) is 0 Å². The number of aromatic amines is 1. The van der Waals surface area contributed by atoms with Crippen LogP contribution >= 0.6 is 0 Å². The number of hydrogen-bond acceptors (Lipinski definition) is 4. The fourth-order valence-corrected chi connectivity index (χ4v) is 3.19. The first-order chi connectivity index (χ1) is 13.6. The first-order valence-corrected chi connectivity index (χ1v) is 8.98. The van der Waals surface area contributed by atoms with Gasteiger partial charge in [0.1, 0.15) is 5.82 Å². The number of nitrogens with one attached hydrogen (secondary N) is 2. The van der Waals surface area contributed by atoms with Gasteiger partial charge in [0.05, 0.1) is 35.3 Å². The van der Waals surface area contributed by atoms with Gasteiger partial charge in [-0.05, 0) is 38.1 Å². The van der Waals surface area contributed by atoms with E-state index in [2.05, 4.69) is 25.6 Å². The van der Waals surface area contributed by atoms with Gasteiger partial charge >= 0.3 is 0 Å². The van der Waals surface area contributed by atoms with Crippen LogP contribution in [0.4, 0.5) is 5.82 Å². The molecular formula is C21H20N6O. The van der Waals surface area contributed by atoms with Crippen LogP contribution in [0.1, 0.15) is 17.0 Å². The van der Waals surface area contributed by atoms with E-state index in [4.69, 9.17) is 0 Å². The minimum Gasteiger partial charge on any atom is -0.310 e. The lowest BCUT2D eigenvalue weighted by atomic mass is 10.1. The minimum absolute atomic E-state index is 0.139. The summed E-state index contributed by atoms with van der Waals surface area (Å²) in [6, 6.07) is 15.5. The molecule has 0 aliphatic heterocycles. The molecule has 7 heteroatoms. The average Bonchev–Trinajstić information content (AvgIpc) is 3.29. The first kappa shape index (κ1) is 17.7. The number of nitrogens with zero attached hydrogens (tertiary/aromatic N) is 4. The molecule has 7 nitrogen and oxygen atoms in total. The molecule has 0 fully saturated rings. The van der Waals surface area contributed by atoms with Crippen molar-refractivity contribution in [1.82, 2.24) is 25.0 Å². The second kappa shape index (κ2) is 7.48. The van der Waals surface area contributed by atoms with Crippen LogP contribution in [0.3, 0.4) is 0 Å². The quantitative estimate of drug-likeness (QED) is 0.561. The van der Waals surface area contributed by atoms with E-state index < -0.39 is 0 Å². The van der Waals surface area contributed by atoms with Crippen LogP contribution in [0, 0.1) is 13.8 Å². The van der Waals surface area contributed by atoms with Gasteiger partial charge in [0.15, 0.2) is 0 Å². The van der Waals surface area contributed by atoms with Gasteiger partial charge in [-0.25, -0.2) is 4.68 Å². The fourth-order valence-electron chi connectivity index (χ4n) is 3.19. The van der Waals surface area contributed by atoms with E-state index in [0.29, 0.717) is 5.82 Å². The van der Waals surface area contributed by atoms with Crippen molar-refractivity contribution in [2.75, 3.05) is 5.32 Å². The number of aryl methyl sites for hydroxylation is 1. The molecule has 0 aliphatic rings. The van der Waals surface area contributed by atoms with Gasteiger partial charge < -0.3 is 5.32 Å². The van der Waals surface area contributed by atoms with Gasteiger partial charge in [-0.15, -0.1) is 0 Å². The molecule has 1 aromatic carbocycles. The smallest absolute Gasteiger partial charge is 0.230 e. The van der Waals surface area contributed by atoms with E-state index in [1.165, 1.54) is 0 Å². The highest BCUT2D eigenvalue weighted by Crippen LogP contribution is 2.24. The summed E-state index contributed by atoms with van der Waals surface area (Å²) in [6.45, 7) is 3.90. The lowest BCUT2D eigenvalue weighted by Crippen LogP contribution is -2.16. The van der Waals surface area contributed by atoms with E-state index in [0.717, 1.165) is 33.9 Å². The van der Waals surface area contributed by atoms with Gasteiger partial charge in [-0.1, -0.05) is 24.3 Å².